The van der Waals surface area contributed by atoms with Gasteiger partial charge < -0.3 is 15.0 Å². The van der Waals surface area contributed by atoms with Gasteiger partial charge in [-0.25, -0.2) is 17.9 Å². The van der Waals surface area contributed by atoms with Crippen LogP contribution in [-0.2, 0) is 27.8 Å². The van der Waals surface area contributed by atoms with E-state index in [4.69, 9.17) is 4.74 Å². The molecule has 2 N–H and O–H groups in total. The minimum Gasteiger partial charge on any atom is -0.450 e. The van der Waals surface area contributed by atoms with Gasteiger partial charge in [0.25, 0.3) is 0 Å². The highest BCUT2D eigenvalue weighted by molar-refractivity contribution is 7.89. The van der Waals surface area contributed by atoms with Crippen molar-refractivity contribution < 1.29 is 17.9 Å². The Morgan fingerprint density at radius 1 is 1.06 bits per heavy atom. The lowest BCUT2D eigenvalue weighted by Crippen LogP contribution is -2.46. The van der Waals surface area contributed by atoms with Crippen molar-refractivity contribution in [1.82, 2.24) is 19.9 Å². The van der Waals surface area contributed by atoms with Gasteiger partial charge in [0.05, 0.1) is 11.5 Å². The first-order valence-electron chi connectivity index (χ1n) is 11.5. The molecule has 34 heavy (non-hydrogen) atoms. The zero-order valence-electron chi connectivity index (χ0n) is 19.2. The van der Waals surface area contributed by atoms with Crippen LogP contribution in [0.15, 0.2) is 65.8 Å². The average Bonchev–Trinajstić information content (AvgIpc) is 2.85. The highest BCUT2D eigenvalue weighted by atomic mass is 32.2. The monoisotopic (exact) mass is 482 g/mol. The second-order valence-electron chi connectivity index (χ2n) is 8.31. The number of piperidine rings is 1. The second kappa shape index (κ2) is 10.9. The third kappa shape index (κ3) is 5.72. The summed E-state index contributed by atoms with van der Waals surface area (Å²) in [4.78, 5) is 17.9. The molecule has 1 amide bonds. The standard InChI is InChI=1S/C25H30N4O4S/c1-2-33-25(30)29-14-11-21(12-15-29)28-34(31,32)24-10-9-20(22-7-3-4-8-23(22)24)18-27-17-19-6-5-13-26-16-19/h3-10,13,16,21,27-28H,2,11-12,14-15,17-18H2,1H3. The van der Waals surface area contributed by atoms with Crippen molar-refractivity contribution in [3.8, 4) is 0 Å². The number of benzene rings is 2. The summed E-state index contributed by atoms with van der Waals surface area (Å²) in [6.07, 6.45) is 4.32. The van der Waals surface area contributed by atoms with Gasteiger partial charge >= 0.3 is 6.09 Å². The summed E-state index contributed by atoms with van der Waals surface area (Å²) in [5.74, 6) is 0. The van der Waals surface area contributed by atoms with Gasteiger partial charge in [-0.05, 0) is 48.4 Å². The number of hydrogen-bond acceptors (Lipinski definition) is 6. The van der Waals surface area contributed by atoms with Gasteiger partial charge in [0, 0.05) is 50.0 Å². The number of nitrogens with one attached hydrogen (secondary N) is 2. The van der Waals surface area contributed by atoms with Crippen molar-refractivity contribution in [3.63, 3.8) is 0 Å². The van der Waals surface area contributed by atoms with Crippen LogP contribution in [0.4, 0.5) is 4.79 Å². The predicted octanol–water partition coefficient (Wildman–Crippen LogP) is 3.42. The lowest BCUT2D eigenvalue weighted by molar-refractivity contribution is 0.0966. The smallest absolute Gasteiger partial charge is 0.409 e. The summed E-state index contributed by atoms with van der Waals surface area (Å²) in [7, 11) is -3.73. The molecule has 0 atom stereocenters. The predicted molar refractivity (Wildman–Crippen MR) is 131 cm³/mol. The molecular weight excluding hydrogens is 452 g/mol. The minimum atomic E-state index is -3.73. The number of fused-ring (bicyclic) bond motifs is 1. The Morgan fingerprint density at radius 2 is 1.82 bits per heavy atom. The highest BCUT2D eigenvalue weighted by Gasteiger charge is 2.28. The minimum absolute atomic E-state index is 0.227. The molecule has 0 saturated carbocycles. The van der Waals surface area contributed by atoms with Crippen LogP contribution in [0.5, 0.6) is 0 Å². The Kier molecular flexibility index (Phi) is 7.77. The molecule has 8 nitrogen and oxygen atoms in total. The van der Waals surface area contributed by atoms with Gasteiger partial charge in [-0.15, -0.1) is 0 Å². The van der Waals surface area contributed by atoms with Crippen LogP contribution in [0.3, 0.4) is 0 Å². The Hall–Kier alpha value is -3.01. The van der Waals surface area contributed by atoms with Crippen molar-refractivity contribution in [3.05, 3.63) is 72.1 Å². The van der Waals surface area contributed by atoms with Gasteiger partial charge in [0.15, 0.2) is 0 Å². The van der Waals surface area contributed by atoms with E-state index in [1.807, 2.05) is 48.7 Å². The van der Waals surface area contributed by atoms with Gasteiger partial charge in [-0.3, -0.25) is 4.98 Å². The van der Waals surface area contributed by atoms with E-state index in [1.165, 1.54) is 0 Å². The zero-order valence-corrected chi connectivity index (χ0v) is 20.1. The molecule has 0 unspecified atom stereocenters. The maximum absolute atomic E-state index is 13.3. The number of likely N-dealkylation sites (tertiary alicyclic amines) is 1. The molecule has 1 aromatic heterocycles. The van der Waals surface area contributed by atoms with E-state index in [1.54, 1.807) is 24.1 Å². The molecule has 0 spiro atoms. The zero-order chi connectivity index (χ0) is 24.0. The van der Waals surface area contributed by atoms with Crippen LogP contribution in [0, 0.1) is 0 Å². The number of carbonyl (C=O) groups is 1. The first kappa shape index (κ1) is 24.1. The van der Waals surface area contributed by atoms with E-state index in [-0.39, 0.29) is 17.0 Å². The Labute approximate surface area is 200 Å². The molecule has 1 fully saturated rings. The Morgan fingerprint density at radius 3 is 2.53 bits per heavy atom. The van der Waals surface area contributed by atoms with Gasteiger partial charge in [-0.2, -0.15) is 0 Å². The lowest BCUT2D eigenvalue weighted by atomic mass is 10.0. The number of nitrogens with zero attached hydrogens (tertiary/aromatic N) is 2. The van der Waals surface area contributed by atoms with E-state index >= 15 is 0 Å². The van der Waals surface area contributed by atoms with Crippen LogP contribution >= 0.6 is 0 Å². The number of aromatic nitrogens is 1. The summed E-state index contributed by atoms with van der Waals surface area (Å²) in [6, 6.07) is 14.8. The van der Waals surface area contributed by atoms with E-state index in [2.05, 4.69) is 15.0 Å². The summed E-state index contributed by atoms with van der Waals surface area (Å²) in [5, 5.41) is 5.01. The first-order chi connectivity index (χ1) is 16.5. The van der Waals surface area contributed by atoms with E-state index < -0.39 is 10.0 Å². The van der Waals surface area contributed by atoms with Crippen molar-refractivity contribution in [1.29, 1.82) is 0 Å². The normalized spacial score (nSPS) is 14.9. The first-order valence-corrected chi connectivity index (χ1v) is 13.0. The lowest BCUT2D eigenvalue weighted by Gasteiger charge is -2.31. The molecule has 180 valence electrons. The molecule has 1 aliphatic heterocycles. The quantitative estimate of drug-likeness (QED) is 0.510. The van der Waals surface area contributed by atoms with Crippen LogP contribution in [0.25, 0.3) is 10.8 Å². The summed E-state index contributed by atoms with van der Waals surface area (Å²) < 4.78 is 34.5. The number of pyridine rings is 1. The largest absolute Gasteiger partial charge is 0.450 e. The van der Waals surface area contributed by atoms with Crippen molar-refractivity contribution in [2.24, 2.45) is 0 Å². The Bertz CT molecular complexity index is 1230. The van der Waals surface area contributed by atoms with E-state index in [9.17, 15) is 13.2 Å². The van der Waals surface area contributed by atoms with Crippen LogP contribution in [0.1, 0.15) is 30.9 Å². The highest BCUT2D eigenvalue weighted by Crippen LogP contribution is 2.27. The van der Waals surface area contributed by atoms with Crippen molar-refractivity contribution in [2.75, 3.05) is 19.7 Å². The van der Waals surface area contributed by atoms with E-state index in [0.29, 0.717) is 51.0 Å². The van der Waals surface area contributed by atoms with Gasteiger partial charge in [-0.1, -0.05) is 36.4 Å². The van der Waals surface area contributed by atoms with Gasteiger partial charge in [0.1, 0.15) is 0 Å². The maximum Gasteiger partial charge on any atom is 0.409 e. The summed E-state index contributed by atoms with van der Waals surface area (Å²) in [6.45, 7) is 4.31. The molecule has 0 bridgehead atoms. The Balaban J connectivity index is 1.46. The van der Waals surface area contributed by atoms with Crippen LogP contribution in [0.2, 0.25) is 0 Å². The third-order valence-electron chi connectivity index (χ3n) is 5.97. The molecule has 2 aromatic carbocycles. The molecule has 9 heteroatoms. The SMILES string of the molecule is CCOC(=O)N1CCC(NS(=O)(=O)c2ccc(CNCc3cccnc3)c3ccccc23)CC1. The number of rotatable bonds is 8. The second-order valence-corrected chi connectivity index (χ2v) is 10.00. The number of amides is 1. The molecule has 2 heterocycles. The molecule has 3 aromatic rings. The molecule has 0 aliphatic carbocycles. The van der Waals surface area contributed by atoms with Crippen molar-refractivity contribution >= 4 is 26.9 Å². The third-order valence-corrected chi connectivity index (χ3v) is 7.55. The molecule has 0 radical (unpaired) electrons. The maximum atomic E-state index is 13.3. The van der Waals surface area contributed by atoms with E-state index in [0.717, 1.165) is 16.5 Å². The van der Waals surface area contributed by atoms with Crippen LogP contribution in [-0.4, -0.2) is 50.1 Å². The van der Waals surface area contributed by atoms with Gasteiger partial charge in [0.2, 0.25) is 10.0 Å². The summed E-state index contributed by atoms with van der Waals surface area (Å²) >= 11 is 0. The van der Waals surface area contributed by atoms with Crippen molar-refractivity contribution in [2.45, 2.75) is 43.8 Å². The topological polar surface area (TPSA) is 101 Å². The fourth-order valence-electron chi connectivity index (χ4n) is 4.24. The van der Waals surface area contributed by atoms with Crippen LogP contribution < -0.4 is 10.0 Å². The number of hydrogen-bond donors (Lipinski definition) is 2. The summed E-state index contributed by atoms with van der Waals surface area (Å²) in [5.41, 5.74) is 2.12. The average molecular weight is 483 g/mol. The molecule has 1 saturated heterocycles. The molecular formula is C25H30N4O4S. The number of sulfonamides is 1. The number of ether oxygens (including phenoxy) is 1. The fourth-order valence-corrected chi connectivity index (χ4v) is 5.76. The molecule has 1 aliphatic rings. The molecule has 4 rings (SSSR count). The fraction of sp³-hybridized carbons (Fsp3) is 0.360. The number of carbonyl (C=O) groups excluding carboxylic acids is 1.